The minimum Gasteiger partial charge on any atom is -0.327 e. The van der Waals surface area contributed by atoms with Gasteiger partial charge in [-0.05, 0) is 37.1 Å². The van der Waals surface area contributed by atoms with Gasteiger partial charge in [0.2, 0.25) is 0 Å². The topological polar surface area (TPSA) is 29.3 Å². The maximum Gasteiger partial charge on any atom is 0.0293 e. The summed E-state index contributed by atoms with van der Waals surface area (Å²) < 4.78 is 0. The fourth-order valence-corrected chi connectivity index (χ4v) is 3.37. The van der Waals surface area contributed by atoms with Gasteiger partial charge in [-0.25, -0.2) is 0 Å². The summed E-state index contributed by atoms with van der Waals surface area (Å²) in [5, 5.41) is 0. The van der Waals surface area contributed by atoms with Crippen molar-refractivity contribution >= 4 is 0 Å². The zero-order valence-electron chi connectivity index (χ0n) is 12.0. The summed E-state index contributed by atoms with van der Waals surface area (Å²) in [7, 11) is 0. The lowest BCUT2D eigenvalue weighted by Gasteiger charge is -2.48. The zero-order chi connectivity index (χ0) is 12.6. The highest BCUT2D eigenvalue weighted by molar-refractivity contribution is 4.93. The standard InChI is InChI=1S/C14H30N2/c1-11(15)12(13(2,3)4)16-9-7-8-14(5,6)10-16/h11-12H,7-10,15H2,1-6H3. The third-order valence-electron chi connectivity index (χ3n) is 3.71. The molecule has 2 nitrogen and oxygen atoms in total. The van der Waals surface area contributed by atoms with Gasteiger partial charge < -0.3 is 5.73 Å². The van der Waals surface area contributed by atoms with Crippen LogP contribution in [0.2, 0.25) is 0 Å². The minimum absolute atomic E-state index is 0.244. The van der Waals surface area contributed by atoms with Crippen LogP contribution in [0.1, 0.15) is 54.4 Å². The first kappa shape index (κ1) is 14.0. The van der Waals surface area contributed by atoms with Gasteiger partial charge in [-0.2, -0.15) is 0 Å². The van der Waals surface area contributed by atoms with Gasteiger partial charge >= 0.3 is 0 Å². The van der Waals surface area contributed by atoms with Crippen LogP contribution in [0.15, 0.2) is 0 Å². The van der Waals surface area contributed by atoms with Crippen LogP contribution in [0, 0.1) is 10.8 Å². The quantitative estimate of drug-likeness (QED) is 0.784. The van der Waals surface area contributed by atoms with Crippen LogP contribution >= 0.6 is 0 Å². The van der Waals surface area contributed by atoms with Gasteiger partial charge in [0.25, 0.3) is 0 Å². The van der Waals surface area contributed by atoms with E-state index in [2.05, 4.69) is 46.4 Å². The molecule has 16 heavy (non-hydrogen) atoms. The summed E-state index contributed by atoms with van der Waals surface area (Å²) in [6.07, 6.45) is 2.66. The molecular formula is C14H30N2. The van der Waals surface area contributed by atoms with Gasteiger partial charge in [-0.15, -0.1) is 0 Å². The van der Waals surface area contributed by atoms with E-state index in [-0.39, 0.29) is 11.5 Å². The molecule has 2 N–H and O–H groups in total. The van der Waals surface area contributed by atoms with Crippen LogP contribution in [-0.4, -0.2) is 30.1 Å². The molecule has 1 saturated heterocycles. The van der Waals surface area contributed by atoms with Crippen molar-refractivity contribution in [2.24, 2.45) is 16.6 Å². The average molecular weight is 226 g/mol. The normalized spacial score (nSPS) is 26.4. The fraction of sp³-hybridized carbons (Fsp3) is 1.00. The molecule has 0 aromatic heterocycles. The van der Waals surface area contributed by atoms with Crippen molar-refractivity contribution in [3.8, 4) is 0 Å². The Kier molecular flexibility index (Phi) is 4.07. The molecule has 2 unspecified atom stereocenters. The summed E-state index contributed by atoms with van der Waals surface area (Å²) >= 11 is 0. The maximum absolute atomic E-state index is 6.20. The number of nitrogens with zero attached hydrogens (tertiary/aromatic N) is 1. The SMILES string of the molecule is CC(N)C(N1CCCC(C)(C)C1)C(C)(C)C. The van der Waals surface area contributed by atoms with Crippen molar-refractivity contribution in [2.45, 2.75) is 66.5 Å². The molecule has 0 bridgehead atoms. The van der Waals surface area contributed by atoms with E-state index < -0.39 is 0 Å². The lowest BCUT2D eigenvalue weighted by molar-refractivity contribution is 0.0190. The number of hydrogen-bond donors (Lipinski definition) is 1. The van der Waals surface area contributed by atoms with Crippen molar-refractivity contribution in [3.05, 3.63) is 0 Å². The van der Waals surface area contributed by atoms with Gasteiger partial charge in [0.1, 0.15) is 0 Å². The monoisotopic (exact) mass is 226 g/mol. The Morgan fingerprint density at radius 3 is 2.19 bits per heavy atom. The highest BCUT2D eigenvalue weighted by atomic mass is 15.2. The predicted octanol–water partition coefficient (Wildman–Crippen LogP) is 2.87. The van der Waals surface area contributed by atoms with E-state index in [0.29, 0.717) is 11.5 Å². The first-order chi connectivity index (χ1) is 7.13. The van der Waals surface area contributed by atoms with Crippen LogP contribution in [0.25, 0.3) is 0 Å². The number of likely N-dealkylation sites (tertiary alicyclic amines) is 1. The van der Waals surface area contributed by atoms with E-state index in [1.54, 1.807) is 0 Å². The molecule has 0 amide bonds. The summed E-state index contributed by atoms with van der Waals surface area (Å²) in [6, 6.07) is 0.737. The van der Waals surface area contributed by atoms with Crippen LogP contribution < -0.4 is 5.73 Å². The van der Waals surface area contributed by atoms with Crippen molar-refractivity contribution in [1.82, 2.24) is 4.90 Å². The Bertz CT molecular complexity index is 225. The molecule has 0 aromatic carbocycles. The molecule has 0 aromatic rings. The molecule has 0 saturated carbocycles. The summed E-state index contributed by atoms with van der Waals surface area (Å²) in [5.74, 6) is 0. The van der Waals surface area contributed by atoms with Crippen LogP contribution in [-0.2, 0) is 0 Å². The van der Waals surface area contributed by atoms with E-state index in [1.807, 2.05) is 0 Å². The second-order valence-electron chi connectivity index (χ2n) is 7.41. The van der Waals surface area contributed by atoms with E-state index in [4.69, 9.17) is 5.73 Å². The molecule has 1 heterocycles. The Morgan fingerprint density at radius 2 is 1.81 bits per heavy atom. The van der Waals surface area contributed by atoms with Gasteiger partial charge in [0.15, 0.2) is 0 Å². The van der Waals surface area contributed by atoms with E-state index >= 15 is 0 Å². The summed E-state index contributed by atoms with van der Waals surface area (Å²) in [6.45, 7) is 16.2. The van der Waals surface area contributed by atoms with Crippen molar-refractivity contribution in [1.29, 1.82) is 0 Å². The predicted molar refractivity (Wildman–Crippen MR) is 71.5 cm³/mol. The third-order valence-corrected chi connectivity index (χ3v) is 3.71. The van der Waals surface area contributed by atoms with E-state index in [0.717, 1.165) is 0 Å². The van der Waals surface area contributed by atoms with Crippen molar-refractivity contribution in [3.63, 3.8) is 0 Å². The Labute approximate surface area is 102 Å². The van der Waals surface area contributed by atoms with Gasteiger partial charge in [-0.3, -0.25) is 4.90 Å². The van der Waals surface area contributed by atoms with E-state index in [9.17, 15) is 0 Å². The molecule has 96 valence electrons. The van der Waals surface area contributed by atoms with E-state index in [1.165, 1.54) is 25.9 Å². The molecular weight excluding hydrogens is 196 g/mol. The Morgan fingerprint density at radius 1 is 1.25 bits per heavy atom. The van der Waals surface area contributed by atoms with Crippen LogP contribution in [0.5, 0.6) is 0 Å². The molecule has 0 spiro atoms. The number of nitrogens with two attached hydrogens (primary N) is 1. The van der Waals surface area contributed by atoms with Crippen molar-refractivity contribution in [2.75, 3.05) is 13.1 Å². The number of hydrogen-bond acceptors (Lipinski definition) is 2. The molecule has 1 aliphatic heterocycles. The van der Waals surface area contributed by atoms with Crippen LogP contribution in [0.4, 0.5) is 0 Å². The van der Waals surface area contributed by atoms with Gasteiger partial charge in [-0.1, -0.05) is 34.6 Å². The van der Waals surface area contributed by atoms with Crippen LogP contribution in [0.3, 0.4) is 0 Å². The Hall–Kier alpha value is -0.0800. The average Bonchev–Trinajstić information content (AvgIpc) is 1.97. The van der Waals surface area contributed by atoms with Gasteiger partial charge in [0, 0.05) is 18.6 Å². The second kappa shape index (κ2) is 4.66. The summed E-state index contributed by atoms with van der Waals surface area (Å²) in [5.41, 5.74) is 6.92. The number of rotatable bonds is 2. The molecule has 2 atom stereocenters. The molecule has 2 heteroatoms. The zero-order valence-corrected chi connectivity index (χ0v) is 12.0. The van der Waals surface area contributed by atoms with Gasteiger partial charge in [0.05, 0.1) is 0 Å². The molecule has 1 rings (SSSR count). The highest BCUT2D eigenvalue weighted by Gasteiger charge is 2.37. The molecule has 0 radical (unpaired) electrons. The second-order valence-corrected chi connectivity index (χ2v) is 7.41. The number of piperidine rings is 1. The largest absolute Gasteiger partial charge is 0.327 e. The van der Waals surface area contributed by atoms with Crippen molar-refractivity contribution < 1.29 is 0 Å². The lowest BCUT2D eigenvalue weighted by atomic mass is 9.77. The molecule has 1 aliphatic rings. The first-order valence-corrected chi connectivity index (χ1v) is 6.63. The maximum atomic E-state index is 6.20. The molecule has 0 aliphatic carbocycles. The third kappa shape index (κ3) is 3.46. The first-order valence-electron chi connectivity index (χ1n) is 6.63. The smallest absolute Gasteiger partial charge is 0.0293 e. The fourth-order valence-electron chi connectivity index (χ4n) is 3.37. The molecule has 1 fully saturated rings. The highest BCUT2D eigenvalue weighted by Crippen LogP contribution is 2.34. The lowest BCUT2D eigenvalue weighted by Crippen LogP contribution is -2.57. The minimum atomic E-state index is 0.244. The Balaban J connectivity index is 2.80. The summed E-state index contributed by atoms with van der Waals surface area (Å²) in [4.78, 5) is 2.62.